The van der Waals surface area contributed by atoms with E-state index in [0.29, 0.717) is 11.5 Å². The van der Waals surface area contributed by atoms with Crippen LogP contribution in [0.1, 0.15) is 39.3 Å². The third kappa shape index (κ3) is 4.73. The molecule has 108 valence electrons. The van der Waals surface area contributed by atoms with E-state index in [0.717, 1.165) is 5.56 Å². The summed E-state index contributed by atoms with van der Waals surface area (Å²) in [6.07, 6.45) is 0. The fraction of sp³-hybridized carbons (Fsp3) is 0.500. The van der Waals surface area contributed by atoms with Gasteiger partial charge in [-0.15, -0.1) is 12.4 Å². The number of ether oxygens (including phenoxy) is 2. The van der Waals surface area contributed by atoms with E-state index in [2.05, 4.69) is 20.8 Å². The molecule has 19 heavy (non-hydrogen) atoms. The van der Waals surface area contributed by atoms with Crippen molar-refractivity contribution in [3.63, 3.8) is 0 Å². The van der Waals surface area contributed by atoms with Crippen molar-refractivity contribution in [2.24, 2.45) is 11.1 Å². The summed E-state index contributed by atoms with van der Waals surface area (Å²) >= 11 is 0. The molecule has 0 amide bonds. The van der Waals surface area contributed by atoms with Gasteiger partial charge in [-0.05, 0) is 23.1 Å². The van der Waals surface area contributed by atoms with Crippen molar-refractivity contribution in [1.82, 2.24) is 0 Å². The zero-order chi connectivity index (χ0) is 13.9. The van der Waals surface area contributed by atoms with Crippen molar-refractivity contribution in [1.29, 1.82) is 0 Å². The number of hydrogen-bond donors (Lipinski definition) is 1. The first-order valence-corrected chi connectivity index (χ1v) is 5.87. The lowest BCUT2D eigenvalue weighted by molar-refractivity contribution is -0.132. The summed E-state index contributed by atoms with van der Waals surface area (Å²) in [5, 5.41) is 0. The quantitative estimate of drug-likeness (QED) is 0.685. The second-order valence-electron chi connectivity index (χ2n) is 5.35. The Labute approximate surface area is 120 Å². The van der Waals surface area contributed by atoms with Gasteiger partial charge in [0.15, 0.2) is 11.5 Å². The Morgan fingerprint density at radius 2 is 1.84 bits per heavy atom. The van der Waals surface area contributed by atoms with Gasteiger partial charge in [0, 0.05) is 13.0 Å². The molecular formula is C14H22ClNO3. The average Bonchev–Trinajstić information content (AvgIpc) is 2.26. The molecule has 0 saturated carbocycles. The average molecular weight is 288 g/mol. The molecule has 0 saturated heterocycles. The summed E-state index contributed by atoms with van der Waals surface area (Å²) in [6, 6.07) is 5.27. The highest BCUT2D eigenvalue weighted by atomic mass is 35.5. The Morgan fingerprint density at radius 3 is 2.26 bits per heavy atom. The van der Waals surface area contributed by atoms with Crippen LogP contribution >= 0.6 is 12.4 Å². The first kappa shape index (κ1) is 17.7. The van der Waals surface area contributed by atoms with Crippen LogP contribution in [0.15, 0.2) is 18.2 Å². The van der Waals surface area contributed by atoms with E-state index < -0.39 is 0 Å². The third-order valence-electron chi connectivity index (χ3n) is 2.73. The fourth-order valence-corrected chi connectivity index (χ4v) is 1.62. The molecule has 1 aromatic carbocycles. The number of carbonyl (C=O) groups excluding carboxylic acids is 1. The minimum absolute atomic E-state index is 0. The molecule has 1 atom stereocenters. The molecule has 0 fully saturated rings. The molecule has 1 rings (SSSR count). The predicted molar refractivity (Wildman–Crippen MR) is 77.9 cm³/mol. The highest BCUT2D eigenvalue weighted by molar-refractivity contribution is 5.85. The molecule has 0 radical (unpaired) electrons. The highest BCUT2D eigenvalue weighted by Crippen LogP contribution is 2.35. The topological polar surface area (TPSA) is 61.6 Å². The Morgan fingerprint density at radius 1 is 1.26 bits per heavy atom. The second kappa shape index (κ2) is 6.78. The molecule has 0 aromatic heterocycles. The lowest BCUT2D eigenvalue weighted by Gasteiger charge is -2.27. The molecule has 0 unspecified atom stereocenters. The molecule has 2 N–H and O–H groups in total. The zero-order valence-electron chi connectivity index (χ0n) is 12.0. The number of hydrogen-bond acceptors (Lipinski definition) is 4. The van der Waals surface area contributed by atoms with Crippen molar-refractivity contribution >= 4 is 18.4 Å². The summed E-state index contributed by atoms with van der Waals surface area (Å²) in [7, 11) is 1.54. The van der Waals surface area contributed by atoms with Gasteiger partial charge in [0.25, 0.3) is 0 Å². The van der Waals surface area contributed by atoms with Gasteiger partial charge in [-0.3, -0.25) is 4.79 Å². The van der Waals surface area contributed by atoms with E-state index in [1.807, 2.05) is 12.1 Å². The molecule has 0 aliphatic carbocycles. The highest BCUT2D eigenvalue weighted by Gasteiger charge is 2.23. The molecule has 0 heterocycles. The molecule has 0 aliphatic rings. The number of benzene rings is 1. The van der Waals surface area contributed by atoms with E-state index >= 15 is 0 Å². The molecule has 0 bridgehead atoms. The molecule has 5 heteroatoms. The fourth-order valence-electron chi connectivity index (χ4n) is 1.62. The molecular weight excluding hydrogens is 266 g/mol. The van der Waals surface area contributed by atoms with Crippen LogP contribution in [0.5, 0.6) is 11.5 Å². The van der Waals surface area contributed by atoms with Crippen LogP contribution < -0.4 is 15.2 Å². The third-order valence-corrected chi connectivity index (χ3v) is 2.73. The maximum absolute atomic E-state index is 11.0. The Balaban J connectivity index is 0.00000324. The van der Waals surface area contributed by atoms with Gasteiger partial charge in [-0.2, -0.15) is 0 Å². The van der Waals surface area contributed by atoms with Crippen LogP contribution in [0, 0.1) is 5.41 Å². The van der Waals surface area contributed by atoms with Crippen LogP contribution in [-0.4, -0.2) is 13.1 Å². The Bertz CT molecular complexity index is 441. The summed E-state index contributed by atoms with van der Waals surface area (Å²) in [6.45, 7) is 7.58. The van der Waals surface area contributed by atoms with Gasteiger partial charge in [0.05, 0.1) is 7.11 Å². The summed E-state index contributed by atoms with van der Waals surface area (Å²) in [4.78, 5) is 11.0. The zero-order valence-corrected chi connectivity index (χ0v) is 12.8. The standard InChI is InChI=1S/C14H21NO3.ClH/c1-9(16)18-11-7-6-10(8-12(11)17-5)13(15)14(2,3)4;/h6-8,13H,15H2,1-5H3;1H/t13-;/m0./s1. The van der Waals surface area contributed by atoms with E-state index in [1.165, 1.54) is 14.0 Å². The van der Waals surface area contributed by atoms with Crippen LogP contribution in [0.25, 0.3) is 0 Å². The van der Waals surface area contributed by atoms with Crippen molar-refractivity contribution in [2.45, 2.75) is 33.7 Å². The van der Waals surface area contributed by atoms with Crippen LogP contribution in [0.2, 0.25) is 0 Å². The minimum atomic E-state index is -0.374. The summed E-state index contributed by atoms with van der Waals surface area (Å²) in [5.74, 6) is 0.554. The van der Waals surface area contributed by atoms with Crippen molar-refractivity contribution in [3.05, 3.63) is 23.8 Å². The predicted octanol–water partition coefficient (Wildman–Crippen LogP) is 3.09. The van der Waals surface area contributed by atoms with Crippen molar-refractivity contribution in [3.8, 4) is 11.5 Å². The first-order chi connectivity index (χ1) is 8.25. The van der Waals surface area contributed by atoms with E-state index in [9.17, 15) is 4.79 Å². The van der Waals surface area contributed by atoms with Gasteiger partial charge >= 0.3 is 5.97 Å². The summed E-state index contributed by atoms with van der Waals surface area (Å²) < 4.78 is 10.3. The molecule has 4 nitrogen and oxygen atoms in total. The molecule has 0 aliphatic heterocycles. The van der Waals surface area contributed by atoms with Gasteiger partial charge < -0.3 is 15.2 Å². The number of halogens is 1. The van der Waals surface area contributed by atoms with E-state index in [-0.39, 0.29) is 29.8 Å². The Kier molecular flexibility index (Phi) is 6.33. The van der Waals surface area contributed by atoms with Gasteiger partial charge in [-0.25, -0.2) is 0 Å². The smallest absolute Gasteiger partial charge is 0.308 e. The maximum Gasteiger partial charge on any atom is 0.308 e. The van der Waals surface area contributed by atoms with Gasteiger partial charge in [0.2, 0.25) is 0 Å². The number of nitrogens with two attached hydrogens (primary N) is 1. The largest absolute Gasteiger partial charge is 0.493 e. The summed E-state index contributed by atoms with van der Waals surface area (Å²) in [5.41, 5.74) is 7.09. The SMILES string of the molecule is COc1cc([C@H](N)C(C)(C)C)ccc1OC(C)=O.Cl. The van der Waals surface area contributed by atoms with Gasteiger partial charge in [-0.1, -0.05) is 26.8 Å². The first-order valence-electron chi connectivity index (χ1n) is 5.87. The second-order valence-corrected chi connectivity index (χ2v) is 5.35. The number of rotatable bonds is 3. The maximum atomic E-state index is 11.0. The molecule has 1 aromatic rings. The lowest BCUT2D eigenvalue weighted by Crippen LogP contribution is -2.26. The molecule has 0 spiro atoms. The Hall–Kier alpha value is -1.26. The minimum Gasteiger partial charge on any atom is -0.493 e. The van der Waals surface area contributed by atoms with Crippen molar-refractivity contribution in [2.75, 3.05) is 7.11 Å². The van der Waals surface area contributed by atoms with Crippen LogP contribution in [-0.2, 0) is 4.79 Å². The van der Waals surface area contributed by atoms with Crippen LogP contribution in [0.3, 0.4) is 0 Å². The number of methoxy groups -OCH3 is 1. The monoisotopic (exact) mass is 287 g/mol. The van der Waals surface area contributed by atoms with Crippen LogP contribution in [0.4, 0.5) is 0 Å². The van der Waals surface area contributed by atoms with Gasteiger partial charge in [0.1, 0.15) is 0 Å². The normalized spacial score (nSPS) is 12.3. The van der Waals surface area contributed by atoms with E-state index in [1.54, 1.807) is 6.07 Å². The van der Waals surface area contributed by atoms with Crippen molar-refractivity contribution < 1.29 is 14.3 Å². The number of carbonyl (C=O) groups is 1. The number of esters is 1. The van der Waals surface area contributed by atoms with E-state index in [4.69, 9.17) is 15.2 Å². The lowest BCUT2D eigenvalue weighted by atomic mass is 9.83.